The summed E-state index contributed by atoms with van der Waals surface area (Å²) < 4.78 is 2.02. The molecule has 0 saturated carbocycles. The Hall–Kier alpha value is -2.79. The van der Waals surface area contributed by atoms with Crippen LogP contribution in [-0.4, -0.2) is 46.5 Å². The summed E-state index contributed by atoms with van der Waals surface area (Å²) in [5.74, 6) is 1.17. The predicted octanol–water partition coefficient (Wildman–Crippen LogP) is 3.40. The van der Waals surface area contributed by atoms with E-state index >= 15 is 0 Å². The second kappa shape index (κ2) is 8.93. The Bertz CT molecular complexity index is 900. The van der Waals surface area contributed by atoms with Gasteiger partial charge in [-0.1, -0.05) is 54.6 Å². The van der Waals surface area contributed by atoms with Gasteiger partial charge >= 0.3 is 0 Å². The lowest BCUT2D eigenvalue weighted by atomic mass is 10.0. The lowest BCUT2D eigenvalue weighted by Gasteiger charge is -2.35. The molecule has 0 atom stereocenters. The number of benzene rings is 2. The molecule has 0 spiro atoms. The van der Waals surface area contributed by atoms with Crippen LogP contribution in [0, 0.1) is 0 Å². The van der Waals surface area contributed by atoms with Crippen LogP contribution in [0.2, 0.25) is 0 Å². The van der Waals surface area contributed by atoms with Gasteiger partial charge in [0.05, 0.1) is 6.42 Å². The first-order valence-electron chi connectivity index (χ1n) is 9.35. The topological polar surface area (TPSA) is 41.4 Å². The summed E-state index contributed by atoms with van der Waals surface area (Å²) >= 11 is 0. The number of carbonyl (C=O) groups excluding carboxylic acids is 1. The number of hydrogen-bond acceptors (Lipinski definition) is 3. The van der Waals surface area contributed by atoms with Crippen LogP contribution >= 0.6 is 12.4 Å². The van der Waals surface area contributed by atoms with Crippen LogP contribution in [0.4, 0.5) is 5.95 Å². The fraction of sp³-hybridized carbons (Fsp3) is 0.273. The molecule has 0 radical (unpaired) electrons. The van der Waals surface area contributed by atoms with E-state index in [0.29, 0.717) is 6.42 Å². The van der Waals surface area contributed by atoms with E-state index in [-0.39, 0.29) is 18.3 Å². The Kier molecular flexibility index (Phi) is 6.37. The zero-order valence-electron chi connectivity index (χ0n) is 16.0. The second-order valence-corrected chi connectivity index (χ2v) is 6.95. The molecular formula is C22H25ClN4O. The number of imidazole rings is 1. The van der Waals surface area contributed by atoms with E-state index in [1.165, 1.54) is 11.1 Å². The number of amides is 1. The first-order chi connectivity index (χ1) is 13.2. The van der Waals surface area contributed by atoms with Gasteiger partial charge in [0.2, 0.25) is 11.9 Å². The zero-order chi connectivity index (χ0) is 18.6. The van der Waals surface area contributed by atoms with Crippen LogP contribution in [0.5, 0.6) is 0 Å². The lowest BCUT2D eigenvalue weighted by Crippen LogP contribution is -2.49. The molecule has 2 aromatic carbocycles. The zero-order valence-corrected chi connectivity index (χ0v) is 16.8. The van der Waals surface area contributed by atoms with Crippen molar-refractivity contribution in [2.75, 3.05) is 31.1 Å². The molecule has 1 fully saturated rings. The van der Waals surface area contributed by atoms with Crippen molar-refractivity contribution >= 4 is 24.3 Å². The van der Waals surface area contributed by atoms with Gasteiger partial charge in [0.25, 0.3) is 0 Å². The van der Waals surface area contributed by atoms with Crippen molar-refractivity contribution < 1.29 is 4.79 Å². The maximum atomic E-state index is 12.7. The third-order valence-corrected chi connectivity index (χ3v) is 5.13. The Morgan fingerprint density at radius 1 is 0.929 bits per heavy atom. The highest BCUT2D eigenvalue weighted by atomic mass is 35.5. The Morgan fingerprint density at radius 3 is 2.18 bits per heavy atom. The number of hydrogen-bond donors (Lipinski definition) is 0. The molecule has 0 bridgehead atoms. The minimum atomic E-state index is 0. The summed E-state index contributed by atoms with van der Waals surface area (Å²) in [6, 6.07) is 18.6. The van der Waals surface area contributed by atoms with Gasteiger partial charge in [0, 0.05) is 45.6 Å². The minimum absolute atomic E-state index is 0. The third kappa shape index (κ3) is 4.37. The number of rotatable bonds is 4. The highest BCUT2D eigenvalue weighted by Gasteiger charge is 2.23. The molecule has 1 amide bonds. The molecule has 0 aliphatic carbocycles. The van der Waals surface area contributed by atoms with E-state index in [0.717, 1.165) is 37.7 Å². The van der Waals surface area contributed by atoms with Gasteiger partial charge in [-0.3, -0.25) is 4.79 Å². The summed E-state index contributed by atoms with van der Waals surface area (Å²) in [4.78, 5) is 21.3. The summed E-state index contributed by atoms with van der Waals surface area (Å²) in [5.41, 5.74) is 3.43. The van der Waals surface area contributed by atoms with Crippen molar-refractivity contribution in [2.45, 2.75) is 6.42 Å². The van der Waals surface area contributed by atoms with E-state index in [9.17, 15) is 4.79 Å². The molecule has 0 N–H and O–H groups in total. The molecule has 6 heteroatoms. The van der Waals surface area contributed by atoms with E-state index in [1.54, 1.807) is 0 Å². The van der Waals surface area contributed by atoms with Gasteiger partial charge in [0.15, 0.2) is 0 Å². The van der Waals surface area contributed by atoms with Crippen molar-refractivity contribution in [1.29, 1.82) is 0 Å². The van der Waals surface area contributed by atoms with Crippen molar-refractivity contribution in [3.05, 3.63) is 72.6 Å². The number of halogens is 1. The van der Waals surface area contributed by atoms with Gasteiger partial charge in [0.1, 0.15) is 0 Å². The van der Waals surface area contributed by atoms with Gasteiger partial charge in [-0.2, -0.15) is 0 Å². The molecule has 4 rings (SSSR count). The van der Waals surface area contributed by atoms with E-state index in [4.69, 9.17) is 0 Å². The Morgan fingerprint density at radius 2 is 1.57 bits per heavy atom. The molecule has 1 aliphatic heterocycles. The molecule has 0 unspecified atom stereocenters. The summed E-state index contributed by atoms with van der Waals surface area (Å²) in [6.07, 6.45) is 4.22. The SMILES string of the molecule is Cl.Cn1ccnc1N1CCN(C(=O)Cc2ccc(-c3ccccc3)cc2)CC1. The van der Waals surface area contributed by atoms with Gasteiger partial charge in [-0.05, 0) is 16.7 Å². The van der Waals surface area contributed by atoms with E-state index in [1.807, 2.05) is 47.1 Å². The Labute approximate surface area is 172 Å². The first kappa shape index (κ1) is 20.0. The molecular weight excluding hydrogens is 372 g/mol. The molecule has 146 valence electrons. The van der Waals surface area contributed by atoms with Crippen molar-refractivity contribution in [3.63, 3.8) is 0 Å². The third-order valence-electron chi connectivity index (χ3n) is 5.13. The minimum Gasteiger partial charge on any atom is -0.339 e. The normalized spacial score (nSPS) is 13.9. The van der Waals surface area contributed by atoms with Crippen LogP contribution in [0.15, 0.2) is 67.0 Å². The second-order valence-electron chi connectivity index (χ2n) is 6.95. The molecule has 1 aromatic heterocycles. The van der Waals surface area contributed by atoms with Crippen LogP contribution in [0.1, 0.15) is 5.56 Å². The summed E-state index contributed by atoms with van der Waals surface area (Å²) in [6.45, 7) is 3.13. The maximum Gasteiger partial charge on any atom is 0.227 e. The van der Waals surface area contributed by atoms with Crippen LogP contribution in [0.25, 0.3) is 11.1 Å². The first-order valence-corrected chi connectivity index (χ1v) is 9.35. The molecule has 2 heterocycles. The summed E-state index contributed by atoms with van der Waals surface area (Å²) in [5, 5.41) is 0. The van der Waals surface area contributed by atoms with Gasteiger partial charge < -0.3 is 14.4 Å². The monoisotopic (exact) mass is 396 g/mol. The highest BCUT2D eigenvalue weighted by Crippen LogP contribution is 2.20. The van der Waals surface area contributed by atoms with Crippen molar-refractivity contribution in [3.8, 4) is 11.1 Å². The van der Waals surface area contributed by atoms with Crippen molar-refractivity contribution in [2.24, 2.45) is 7.05 Å². The molecule has 28 heavy (non-hydrogen) atoms. The quantitative estimate of drug-likeness (QED) is 0.678. The lowest BCUT2D eigenvalue weighted by molar-refractivity contribution is -0.130. The number of aromatic nitrogens is 2. The number of aryl methyl sites for hydroxylation is 1. The van der Waals surface area contributed by atoms with E-state index in [2.05, 4.69) is 46.3 Å². The summed E-state index contributed by atoms with van der Waals surface area (Å²) in [7, 11) is 2.00. The largest absolute Gasteiger partial charge is 0.339 e. The fourth-order valence-electron chi connectivity index (χ4n) is 3.55. The average molecular weight is 397 g/mol. The number of anilines is 1. The van der Waals surface area contributed by atoms with Crippen LogP contribution in [-0.2, 0) is 18.3 Å². The fourth-order valence-corrected chi connectivity index (χ4v) is 3.55. The van der Waals surface area contributed by atoms with Gasteiger partial charge in [-0.25, -0.2) is 4.98 Å². The number of carbonyl (C=O) groups is 1. The average Bonchev–Trinajstić information content (AvgIpc) is 3.15. The van der Waals surface area contributed by atoms with E-state index < -0.39 is 0 Å². The van der Waals surface area contributed by atoms with Crippen LogP contribution < -0.4 is 4.90 Å². The number of nitrogens with zero attached hydrogens (tertiary/aromatic N) is 4. The van der Waals surface area contributed by atoms with Crippen LogP contribution in [0.3, 0.4) is 0 Å². The standard InChI is InChI=1S/C22H24N4O.ClH/c1-24-12-11-23-22(24)26-15-13-25(14-16-26)21(27)17-18-7-9-20(10-8-18)19-5-3-2-4-6-19;/h2-12H,13-17H2,1H3;1H. The molecule has 3 aromatic rings. The molecule has 1 aliphatic rings. The Balaban J connectivity index is 0.00000225. The predicted molar refractivity (Wildman–Crippen MR) is 115 cm³/mol. The number of piperazine rings is 1. The van der Waals surface area contributed by atoms with Crippen molar-refractivity contribution in [1.82, 2.24) is 14.5 Å². The highest BCUT2D eigenvalue weighted by molar-refractivity contribution is 5.85. The maximum absolute atomic E-state index is 12.7. The molecule has 5 nitrogen and oxygen atoms in total. The molecule has 1 saturated heterocycles. The smallest absolute Gasteiger partial charge is 0.227 e. The van der Waals surface area contributed by atoms with Gasteiger partial charge in [-0.15, -0.1) is 12.4 Å².